The van der Waals surface area contributed by atoms with Crippen molar-refractivity contribution in [1.29, 1.82) is 5.53 Å². The van der Waals surface area contributed by atoms with E-state index in [-0.39, 0.29) is 5.54 Å². The molecule has 0 atom stereocenters. The predicted octanol–water partition coefficient (Wildman–Crippen LogP) is 2.52. The van der Waals surface area contributed by atoms with Crippen molar-refractivity contribution in [2.24, 2.45) is 5.11 Å². The normalized spacial score (nSPS) is 23.6. The Labute approximate surface area is 55.5 Å². The minimum absolute atomic E-state index is 0.167. The van der Waals surface area contributed by atoms with Crippen molar-refractivity contribution in [2.75, 3.05) is 0 Å². The molecule has 1 N–H and O–H groups in total. The smallest absolute Gasteiger partial charge is 0.0990 e. The third-order valence-electron chi connectivity index (χ3n) is 2.07. The third-order valence-corrected chi connectivity index (χ3v) is 2.07. The third kappa shape index (κ3) is 1.02. The van der Waals surface area contributed by atoms with Crippen LogP contribution >= 0.6 is 0 Å². The number of hydrogen-bond acceptors (Lipinski definition) is 2. The Bertz CT molecular complexity index is 113. The molecule has 0 heterocycles. The van der Waals surface area contributed by atoms with Crippen LogP contribution < -0.4 is 0 Å². The van der Waals surface area contributed by atoms with Crippen LogP contribution in [0.3, 0.4) is 0 Å². The highest BCUT2D eigenvalue weighted by atomic mass is 15.0. The van der Waals surface area contributed by atoms with E-state index in [1.807, 2.05) is 6.08 Å². The molecule has 9 heavy (non-hydrogen) atoms. The second kappa shape index (κ2) is 2.29. The lowest BCUT2D eigenvalue weighted by atomic mass is 10.00. The Kier molecular flexibility index (Phi) is 1.65. The van der Waals surface area contributed by atoms with Crippen molar-refractivity contribution in [3.8, 4) is 0 Å². The van der Waals surface area contributed by atoms with Gasteiger partial charge in [-0.05, 0) is 12.8 Å². The van der Waals surface area contributed by atoms with Crippen LogP contribution in [0.15, 0.2) is 17.8 Å². The average molecular weight is 124 g/mol. The summed E-state index contributed by atoms with van der Waals surface area (Å²) in [4.78, 5) is 0. The quantitative estimate of drug-likeness (QED) is 0.434. The molecule has 0 bridgehead atoms. The highest BCUT2D eigenvalue weighted by molar-refractivity contribution is 5.04. The molecule has 1 aliphatic rings. The maximum Gasteiger partial charge on any atom is 0.0990 e. The summed E-state index contributed by atoms with van der Waals surface area (Å²) in [6.45, 7) is 3.67. The minimum Gasteiger partial charge on any atom is -0.209 e. The first kappa shape index (κ1) is 6.46. The fourth-order valence-corrected chi connectivity index (χ4v) is 1.35. The van der Waals surface area contributed by atoms with Crippen LogP contribution in [0.1, 0.15) is 25.7 Å². The van der Waals surface area contributed by atoms with E-state index >= 15 is 0 Å². The molecular weight excluding hydrogens is 112 g/mol. The standard InChI is InChI=1S/C7H12N2/c1-2-7(9-8)5-3-4-6-7/h2,8H,1,3-6H2. The lowest BCUT2D eigenvalue weighted by Gasteiger charge is -2.14. The first-order valence-electron chi connectivity index (χ1n) is 3.35. The molecule has 0 radical (unpaired) electrons. The molecule has 50 valence electrons. The fourth-order valence-electron chi connectivity index (χ4n) is 1.35. The van der Waals surface area contributed by atoms with Gasteiger partial charge in [-0.25, -0.2) is 5.53 Å². The Hall–Kier alpha value is -0.660. The largest absolute Gasteiger partial charge is 0.209 e. The van der Waals surface area contributed by atoms with Crippen LogP contribution in [0.2, 0.25) is 0 Å². The summed E-state index contributed by atoms with van der Waals surface area (Å²) in [6.07, 6.45) is 6.27. The summed E-state index contributed by atoms with van der Waals surface area (Å²) in [5, 5.41) is 3.57. The van der Waals surface area contributed by atoms with Crippen LogP contribution in [0.4, 0.5) is 0 Å². The monoisotopic (exact) mass is 124 g/mol. The maximum atomic E-state index is 6.90. The van der Waals surface area contributed by atoms with Crippen molar-refractivity contribution in [3.05, 3.63) is 12.7 Å². The fraction of sp³-hybridized carbons (Fsp3) is 0.714. The van der Waals surface area contributed by atoms with E-state index in [0.29, 0.717) is 0 Å². The zero-order valence-corrected chi connectivity index (χ0v) is 5.56. The summed E-state index contributed by atoms with van der Waals surface area (Å²) in [5.41, 5.74) is 6.74. The van der Waals surface area contributed by atoms with Crippen LogP contribution in [0, 0.1) is 5.53 Å². The van der Waals surface area contributed by atoms with Gasteiger partial charge in [0.1, 0.15) is 0 Å². The molecule has 0 spiro atoms. The average Bonchev–Trinajstić information content (AvgIpc) is 2.36. The molecule has 0 saturated heterocycles. The summed E-state index contributed by atoms with van der Waals surface area (Å²) >= 11 is 0. The molecule has 2 heteroatoms. The van der Waals surface area contributed by atoms with Gasteiger partial charge in [0.05, 0.1) is 5.54 Å². The molecule has 0 aromatic rings. The molecule has 0 unspecified atom stereocenters. The Morgan fingerprint density at radius 2 is 2.00 bits per heavy atom. The first-order valence-corrected chi connectivity index (χ1v) is 3.35. The Morgan fingerprint density at radius 3 is 2.22 bits per heavy atom. The van der Waals surface area contributed by atoms with Gasteiger partial charge in [-0.15, -0.1) is 6.58 Å². The van der Waals surface area contributed by atoms with Crippen molar-refractivity contribution < 1.29 is 0 Å². The molecule has 1 saturated carbocycles. The molecule has 0 aromatic heterocycles. The van der Waals surface area contributed by atoms with Gasteiger partial charge in [0.15, 0.2) is 0 Å². The molecule has 1 aliphatic carbocycles. The van der Waals surface area contributed by atoms with Crippen molar-refractivity contribution >= 4 is 0 Å². The van der Waals surface area contributed by atoms with Crippen molar-refractivity contribution in [3.63, 3.8) is 0 Å². The van der Waals surface area contributed by atoms with Gasteiger partial charge in [0.2, 0.25) is 0 Å². The summed E-state index contributed by atoms with van der Waals surface area (Å²) in [6, 6.07) is 0. The second-order valence-electron chi connectivity index (χ2n) is 2.63. The second-order valence-corrected chi connectivity index (χ2v) is 2.63. The van der Waals surface area contributed by atoms with Gasteiger partial charge in [0, 0.05) is 0 Å². The van der Waals surface area contributed by atoms with E-state index in [0.717, 1.165) is 12.8 Å². The van der Waals surface area contributed by atoms with Crippen LogP contribution in [-0.2, 0) is 0 Å². The van der Waals surface area contributed by atoms with E-state index in [1.54, 1.807) is 0 Å². The predicted molar refractivity (Wildman–Crippen MR) is 36.5 cm³/mol. The van der Waals surface area contributed by atoms with Gasteiger partial charge in [-0.2, -0.15) is 5.11 Å². The van der Waals surface area contributed by atoms with Crippen LogP contribution in [0.5, 0.6) is 0 Å². The highest BCUT2D eigenvalue weighted by Gasteiger charge is 2.29. The number of rotatable bonds is 2. The highest BCUT2D eigenvalue weighted by Crippen LogP contribution is 2.33. The van der Waals surface area contributed by atoms with Gasteiger partial charge in [-0.3, -0.25) is 0 Å². The summed E-state index contributed by atoms with van der Waals surface area (Å²) < 4.78 is 0. The zero-order valence-electron chi connectivity index (χ0n) is 5.56. The number of nitrogens with one attached hydrogen (secondary N) is 1. The van der Waals surface area contributed by atoms with Crippen LogP contribution in [-0.4, -0.2) is 5.54 Å². The Morgan fingerprint density at radius 1 is 1.44 bits per heavy atom. The van der Waals surface area contributed by atoms with Gasteiger partial charge >= 0.3 is 0 Å². The lowest BCUT2D eigenvalue weighted by Crippen LogP contribution is -2.15. The van der Waals surface area contributed by atoms with Crippen LogP contribution in [0.25, 0.3) is 0 Å². The van der Waals surface area contributed by atoms with E-state index in [2.05, 4.69) is 11.7 Å². The SMILES string of the molecule is C=CC1(N=N)CCCC1. The minimum atomic E-state index is -0.167. The van der Waals surface area contributed by atoms with E-state index < -0.39 is 0 Å². The van der Waals surface area contributed by atoms with Gasteiger partial charge in [0.25, 0.3) is 0 Å². The van der Waals surface area contributed by atoms with Gasteiger partial charge < -0.3 is 0 Å². The maximum absolute atomic E-state index is 6.90. The molecule has 0 amide bonds. The molecule has 0 aliphatic heterocycles. The van der Waals surface area contributed by atoms with E-state index in [1.165, 1.54) is 12.8 Å². The summed E-state index contributed by atoms with van der Waals surface area (Å²) in [5.74, 6) is 0. The molecule has 0 aromatic carbocycles. The molecule has 1 rings (SSSR count). The molecule has 2 nitrogen and oxygen atoms in total. The van der Waals surface area contributed by atoms with E-state index in [4.69, 9.17) is 5.53 Å². The zero-order chi connectivity index (χ0) is 6.74. The van der Waals surface area contributed by atoms with Gasteiger partial charge in [-0.1, -0.05) is 18.9 Å². The topological polar surface area (TPSA) is 36.2 Å². The molecular formula is C7H12N2. The molecule has 1 fully saturated rings. The number of hydrogen-bond donors (Lipinski definition) is 1. The lowest BCUT2D eigenvalue weighted by molar-refractivity contribution is 0.513. The summed E-state index contributed by atoms with van der Waals surface area (Å²) in [7, 11) is 0. The Balaban J connectivity index is 2.66. The van der Waals surface area contributed by atoms with E-state index in [9.17, 15) is 0 Å². The number of nitrogens with zero attached hydrogens (tertiary/aromatic N) is 1. The first-order chi connectivity index (χ1) is 4.33. The van der Waals surface area contributed by atoms with Crippen molar-refractivity contribution in [1.82, 2.24) is 0 Å². The van der Waals surface area contributed by atoms with Crippen molar-refractivity contribution in [2.45, 2.75) is 31.2 Å².